The molecule has 1 atom stereocenters. The van der Waals surface area contributed by atoms with Crippen molar-refractivity contribution in [2.45, 2.75) is 38.6 Å². The summed E-state index contributed by atoms with van der Waals surface area (Å²) in [6.45, 7) is 8.04. The molecule has 0 aliphatic carbocycles. The monoisotopic (exact) mass is 214 g/mol. The largest absolute Gasteiger partial charge is 0.385 e. The number of rotatable bonds is 6. The van der Waals surface area contributed by atoms with E-state index in [0.29, 0.717) is 0 Å². The topological polar surface area (TPSA) is 24.5 Å². The lowest BCUT2D eigenvalue weighted by atomic mass is 10.1. The Morgan fingerprint density at radius 2 is 2.20 bits per heavy atom. The van der Waals surface area contributed by atoms with Crippen molar-refractivity contribution >= 4 is 0 Å². The molecule has 1 heterocycles. The Morgan fingerprint density at radius 1 is 1.33 bits per heavy atom. The van der Waals surface area contributed by atoms with Crippen molar-refractivity contribution in [2.24, 2.45) is 0 Å². The predicted octanol–water partition coefficient (Wildman–Crippen LogP) is 1.49. The minimum absolute atomic E-state index is 0.744. The fourth-order valence-electron chi connectivity index (χ4n) is 2.13. The first-order chi connectivity index (χ1) is 7.36. The van der Waals surface area contributed by atoms with E-state index < -0.39 is 0 Å². The Bertz CT molecular complexity index is 153. The second-order valence-corrected chi connectivity index (χ2v) is 4.39. The molecule has 0 saturated carbocycles. The number of hydrogen-bond acceptors (Lipinski definition) is 3. The lowest BCUT2D eigenvalue weighted by molar-refractivity contribution is 0.184. The summed E-state index contributed by atoms with van der Waals surface area (Å²) < 4.78 is 5.06. The molecule has 15 heavy (non-hydrogen) atoms. The van der Waals surface area contributed by atoms with Crippen LogP contribution in [0.5, 0.6) is 0 Å². The molecule has 1 saturated heterocycles. The highest BCUT2D eigenvalue weighted by Crippen LogP contribution is 2.05. The zero-order valence-corrected chi connectivity index (χ0v) is 10.3. The minimum atomic E-state index is 0.744. The summed E-state index contributed by atoms with van der Waals surface area (Å²) >= 11 is 0. The van der Waals surface area contributed by atoms with E-state index in [1.54, 1.807) is 7.11 Å². The van der Waals surface area contributed by atoms with E-state index in [9.17, 15) is 0 Å². The van der Waals surface area contributed by atoms with Crippen LogP contribution in [0.15, 0.2) is 0 Å². The van der Waals surface area contributed by atoms with Crippen molar-refractivity contribution in [3.63, 3.8) is 0 Å². The van der Waals surface area contributed by atoms with Gasteiger partial charge in [0.2, 0.25) is 0 Å². The van der Waals surface area contributed by atoms with E-state index in [0.717, 1.165) is 19.2 Å². The molecule has 1 aliphatic heterocycles. The van der Waals surface area contributed by atoms with Crippen molar-refractivity contribution < 1.29 is 4.74 Å². The summed E-state index contributed by atoms with van der Waals surface area (Å²) in [4.78, 5) is 2.58. The molecule has 0 aromatic carbocycles. The minimum Gasteiger partial charge on any atom is -0.385 e. The second-order valence-electron chi connectivity index (χ2n) is 4.39. The highest BCUT2D eigenvalue weighted by Gasteiger charge is 2.13. The van der Waals surface area contributed by atoms with Gasteiger partial charge in [0.25, 0.3) is 0 Å². The summed E-state index contributed by atoms with van der Waals surface area (Å²) in [5, 5.41) is 3.60. The van der Waals surface area contributed by atoms with Crippen LogP contribution in [0, 0.1) is 0 Å². The van der Waals surface area contributed by atoms with Gasteiger partial charge in [-0.05, 0) is 38.8 Å². The van der Waals surface area contributed by atoms with E-state index in [1.165, 1.54) is 45.3 Å². The Balaban J connectivity index is 2.08. The number of nitrogens with one attached hydrogen (secondary N) is 1. The van der Waals surface area contributed by atoms with Gasteiger partial charge in [0.15, 0.2) is 0 Å². The van der Waals surface area contributed by atoms with Gasteiger partial charge in [-0.3, -0.25) is 0 Å². The Hall–Kier alpha value is -0.120. The number of hydrogen-bond donors (Lipinski definition) is 1. The summed E-state index contributed by atoms with van der Waals surface area (Å²) in [6.07, 6.45) is 5.03. The third-order valence-electron chi connectivity index (χ3n) is 3.22. The summed E-state index contributed by atoms with van der Waals surface area (Å²) in [7, 11) is 1.78. The van der Waals surface area contributed by atoms with Crippen LogP contribution < -0.4 is 5.32 Å². The molecular weight excluding hydrogens is 188 g/mol. The Kier molecular flexibility index (Phi) is 6.98. The third-order valence-corrected chi connectivity index (χ3v) is 3.22. The Morgan fingerprint density at radius 3 is 2.93 bits per heavy atom. The van der Waals surface area contributed by atoms with Crippen LogP contribution in [0.2, 0.25) is 0 Å². The van der Waals surface area contributed by atoms with Crippen LogP contribution in [0.1, 0.15) is 32.6 Å². The molecule has 1 aliphatic rings. The van der Waals surface area contributed by atoms with Crippen molar-refractivity contribution in [3.8, 4) is 0 Å². The predicted molar refractivity (Wildman–Crippen MR) is 64.2 cm³/mol. The van der Waals surface area contributed by atoms with Gasteiger partial charge in [-0.25, -0.2) is 0 Å². The van der Waals surface area contributed by atoms with Crippen molar-refractivity contribution in [3.05, 3.63) is 0 Å². The number of methoxy groups -OCH3 is 1. The maximum atomic E-state index is 5.06. The summed E-state index contributed by atoms with van der Waals surface area (Å²) in [6, 6.07) is 0.744. The van der Waals surface area contributed by atoms with Gasteiger partial charge in [-0.15, -0.1) is 0 Å². The standard InChI is InChI=1S/C12H26N2O/c1-3-12-6-9-14(10-7-13-12)8-4-5-11-15-2/h12-13H,3-11H2,1-2H3. The SMILES string of the molecule is CCC1CCN(CCCCOC)CCN1. The molecule has 0 aromatic rings. The molecule has 0 bridgehead atoms. The molecule has 0 aromatic heterocycles. The molecule has 90 valence electrons. The van der Waals surface area contributed by atoms with Gasteiger partial charge in [-0.1, -0.05) is 6.92 Å². The molecule has 1 rings (SSSR count). The zero-order valence-electron chi connectivity index (χ0n) is 10.3. The average Bonchev–Trinajstić information content (AvgIpc) is 2.49. The molecule has 0 spiro atoms. The molecule has 1 fully saturated rings. The average molecular weight is 214 g/mol. The smallest absolute Gasteiger partial charge is 0.0462 e. The highest BCUT2D eigenvalue weighted by molar-refractivity contribution is 4.73. The molecule has 3 heteroatoms. The zero-order chi connectivity index (χ0) is 10.9. The Labute approximate surface area is 94.2 Å². The molecular formula is C12H26N2O. The van der Waals surface area contributed by atoms with E-state index in [2.05, 4.69) is 17.1 Å². The fourth-order valence-corrected chi connectivity index (χ4v) is 2.13. The van der Waals surface area contributed by atoms with Crippen molar-refractivity contribution in [1.82, 2.24) is 10.2 Å². The number of ether oxygens (including phenoxy) is 1. The van der Waals surface area contributed by atoms with Crippen molar-refractivity contribution in [1.29, 1.82) is 0 Å². The molecule has 0 radical (unpaired) electrons. The maximum absolute atomic E-state index is 5.06. The normalized spacial score (nSPS) is 24.0. The van der Waals surface area contributed by atoms with Crippen LogP contribution in [0.4, 0.5) is 0 Å². The van der Waals surface area contributed by atoms with Gasteiger partial charge in [-0.2, -0.15) is 0 Å². The highest BCUT2D eigenvalue weighted by atomic mass is 16.5. The van der Waals surface area contributed by atoms with E-state index in [4.69, 9.17) is 4.74 Å². The van der Waals surface area contributed by atoms with Crippen molar-refractivity contribution in [2.75, 3.05) is 39.9 Å². The first kappa shape index (κ1) is 12.9. The van der Waals surface area contributed by atoms with E-state index >= 15 is 0 Å². The number of unbranched alkanes of at least 4 members (excludes halogenated alkanes) is 1. The lowest BCUT2D eigenvalue weighted by Gasteiger charge is -2.19. The van der Waals surface area contributed by atoms with Gasteiger partial charge in [0, 0.05) is 32.8 Å². The third kappa shape index (κ3) is 5.50. The molecule has 3 nitrogen and oxygen atoms in total. The van der Waals surface area contributed by atoms with Gasteiger partial charge >= 0.3 is 0 Å². The number of nitrogens with zero attached hydrogens (tertiary/aromatic N) is 1. The van der Waals surface area contributed by atoms with Crippen LogP contribution in [-0.4, -0.2) is 50.8 Å². The van der Waals surface area contributed by atoms with E-state index in [-0.39, 0.29) is 0 Å². The molecule has 0 amide bonds. The summed E-state index contributed by atoms with van der Waals surface area (Å²) in [5.41, 5.74) is 0. The first-order valence-electron chi connectivity index (χ1n) is 6.31. The van der Waals surface area contributed by atoms with Crippen LogP contribution in [-0.2, 0) is 4.74 Å². The van der Waals surface area contributed by atoms with Gasteiger partial charge < -0.3 is 15.0 Å². The maximum Gasteiger partial charge on any atom is 0.0462 e. The summed E-state index contributed by atoms with van der Waals surface area (Å²) in [5.74, 6) is 0. The van der Waals surface area contributed by atoms with Crippen LogP contribution in [0.25, 0.3) is 0 Å². The second kappa shape index (κ2) is 8.08. The van der Waals surface area contributed by atoms with Gasteiger partial charge in [0.1, 0.15) is 0 Å². The fraction of sp³-hybridized carbons (Fsp3) is 1.00. The van der Waals surface area contributed by atoms with Crippen LogP contribution >= 0.6 is 0 Å². The van der Waals surface area contributed by atoms with Crippen LogP contribution in [0.3, 0.4) is 0 Å². The molecule has 1 N–H and O–H groups in total. The lowest BCUT2D eigenvalue weighted by Crippen LogP contribution is -2.30. The molecule has 1 unspecified atom stereocenters. The first-order valence-corrected chi connectivity index (χ1v) is 6.31. The quantitative estimate of drug-likeness (QED) is 0.678. The van der Waals surface area contributed by atoms with Gasteiger partial charge in [0.05, 0.1) is 0 Å². The van der Waals surface area contributed by atoms with E-state index in [1.807, 2.05) is 0 Å².